The quantitative estimate of drug-likeness (QED) is 0.522. The van der Waals surface area contributed by atoms with Crippen LogP contribution in [0.4, 0.5) is 0 Å². The number of hydrogen-bond acceptors (Lipinski definition) is 1. The van der Waals surface area contributed by atoms with E-state index < -0.39 is 0 Å². The van der Waals surface area contributed by atoms with E-state index in [-0.39, 0.29) is 0 Å². The molecule has 0 aliphatic rings. The van der Waals surface area contributed by atoms with E-state index in [9.17, 15) is 0 Å². The van der Waals surface area contributed by atoms with Crippen LogP contribution in [0.3, 0.4) is 0 Å². The summed E-state index contributed by atoms with van der Waals surface area (Å²) in [5.74, 6) is 0. The third-order valence-corrected chi connectivity index (χ3v) is 5.76. The molecule has 1 aromatic rings. The minimum absolute atomic E-state index is 0.998. The Morgan fingerprint density at radius 2 is 2.10 bits per heavy atom. The molecule has 56 valence electrons. The predicted molar refractivity (Wildman–Crippen MR) is 49.0 cm³/mol. The van der Waals surface area contributed by atoms with Crippen LogP contribution in [-0.4, -0.2) is 43.5 Å². The average molecular weight is 262 g/mol. The van der Waals surface area contributed by atoms with Crippen molar-refractivity contribution in [3.8, 4) is 0 Å². The van der Waals surface area contributed by atoms with Gasteiger partial charge in [0.1, 0.15) is 0 Å². The van der Waals surface area contributed by atoms with Crippen molar-refractivity contribution in [1.82, 2.24) is 9.78 Å². The predicted octanol–water partition coefficient (Wildman–Crippen LogP) is -2.27. The van der Waals surface area contributed by atoms with E-state index in [4.69, 9.17) is 0 Å². The van der Waals surface area contributed by atoms with E-state index in [1.54, 1.807) is 33.7 Å². The Bertz CT molecular complexity index is 242. The molecule has 0 fully saturated rings. The molecule has 10 heavy (non-hydrogen) atoms. The average Bonchev–Trinajstić information content (AvgIpc) is 2.17. The second kappa shape index (κ2) is 3.15. The van der Waals surface area contributed by atoms with Gasteiger partial charge in [-0.15, -0.1) is 0 Å². The summed E-state index contributed by atoms with van der Waals surface area (Å²) in [6, 6.07) is 0. The molecule has 0 aliphatic carbocycles. The van der Waals surface area contributed by atoms with Crippen LogP contribution < -0.4 is 8.83 Å². The minimum atomic E-state index is 0.998. The van der Waals surface area contributed by atoms with Gasteiger partial charge in [-0.25, -0.2) is 0 Å². The SMILES string of the molecule is CCn1nc(C)c([AsH2])c1[AsH2]. The van der Waals surface area contributed by atoms with Gasteiger partial charge in [-0.1, -0.05) is 0 Å². The fourth-order valence-corrected chi connectivity index (χ4v) is 2.23. The van der Waals surface area contributed by atoms with Crippen LogP contribution in [0, 0.1) is 6.92 Å². The van der Waals surface area contributed by atoms with Crippen LogP contribution in [0.5, 0.6) is 0 Å². The van der Waals surface area contributed by atoms with Crippen LogP contribution in [0.15, 0.2) is 0 Å². The van der Waals surface area contributed by atoms with Crippen molar-refractivity contribution in [1.29, 1.82) is 0 Å². The first-order valence-electron chi connectivity index (χ1n) is 3.25. The third-order valence-electron chi connectivity index (χ3n) is 1.51. The summed E-state index contributed by atoms with van der Waals surface area (Å²) in [6.45, 7) is 5.20. The summed E-state index contributed by atoms with van der Waals surface area (Å²) < 4.78 is 4.87. The first kappa shape index (κ1) is 8.42. The molecule has 0 aliphatic heterocycles. The molecular weight excluding hydrogens is 250 g/mol. The number of aryl methyl sites for hydroxylation is 2. The van der Waals surface area contributed by atoms with Gasteiger partial charge in [0, 0.05) is 0 Å². The van der Waals surface area contributed by atoms with Gasteiger partial charge in [0.2, 0.25) is 0 Å². The van der Waals surface area contributed by atoms with Crippen LogP contribution in [0.25, 0.3) is 0 Å². The molecule has 4 heteroatoms. The molecule has 0 spiro atoms. The molecule has 0 aromatic carbocycles. The molecule has 1 heterocycles. The van der Waals surface area contributed by atoms with Gasteiger partial charge in [0.15, 0.2) is 0 Å². The van der Waals surface area contributed by atoms with Gasteiger partial charge in [-0.05, 0) is 0 Å². The standard InChI is InChI=1S/C6H12As2N2/c1-3-10-6(8)5(7)4(2)9-10/h3,7-8H2,1-2H3. The van der Waals surface area contributed by atoms with Gasteiger partial charge < -0.3 is 0 Å². The molecule has 0 bridgehead atoms. The zero-order valence-corrected chi connectivity index (χ0v) is 11.1. The summed E-state index contributed by atoms with van der Waals surface area (Å²) >= 11 is 3.36. The van der Waals surface area contributed by atoms with Crippen molar-refractivity contribution in [3.63, 3.8) is 0 Å². The van der Waals surface area contributed by atoms with Gasteiger partial charge in [-0.2, -0.15) is 0 Å². The number of rotatable bonds is 1. The van der Waals surface area contributed by atoms with E-state index in [1.807, 2.05) is 0 Å². The van der Waals surface area contributed by atoms with Gasteiger partial charge in [0.05, 0.1) is 0 Å². The van der Waals surface area contributed by atoms with Gasteiger partial charge >= 0.3 is 78.4 Å². The normalized spacial score (nSPS) is 10.4. The molecule has 0 amide bonds. The first-order chi connectivity index (χ1) is 4.66. The van der Waals surface area contributed by atoms with Crippen molar-refractivity contribution in [2.24, 2.45) is 0 Å². The maximum atomic E-state index is 4.38. The Morgan fingerprint density at radius 1 is 1.50 bits per heavy atom. The maximum absolute atomic E-state index is 4.38. The van der Waals surface area contributed by atoms with Crippen molar-refractivity contribution in [2.45, 2.75) is 20.4 Å². The zero-order valence-electron chi connectivity index (χ0n) is 6.26. The van der Waals surface area contributed by atoms with Crippen molar-refractivity contribution in [2.75, 3.05) is 0 Å². The van der Waals surface area contributed by atoms with E-state index in [1.165, 1.54) is 14.5 Å². The van der Waals surface area contributed by atoms with Crippen molar-refractivity contribution in [3.05, 3.63) is 5.69 Å². The fourth-order valence-electron chi connectivity index (χ4n) is 0.854. The molecule has 0 N–H and O–H groups in total. The molecule has 0 saturated heterocycles. The van der Waals surface area contributed by atoms with Crippen molar-refractivity contribution < 1.29 is 0 Å². The van der Waals surface area contributed by atoms with Crippen LogP contribution in [0.1, 0.15) is 12.6 Å². The Balaban J connectivity index is 3.17. The molecule has 2 atom stereocenters. The third kappa shape index (κ3) is 1.33. The number of hydrogen-bond donors (Lipinski definition) is 0. The summed E-state index contributed by atoms with van der Waals surface area (Å²) in [5.41, 5.74) is 1.20. The summed E-state index contributed by atoms with van der Waals surface area (Å²) in [6.07, 6.45) is 0. The Morgan fingerprint density at radius 3 is 2.30 bits per heavy atom. The number of nitrogens with zero attached hydrogens (tertiary/aromatic N) is 2. The van der Waals surface area contributed by atoms with Crippen LogP contribution in [-0.2, 0) is 6.54 Å². The molecular formula is C6H12As2N2. The first-order valence-corrected chi connectivity index (χ1v) is 5.67. The second-order valence-corrected chi connectivity index (χ2v) is 4.56. The molecule has 1 aromatic heterocycles. The summed E-state index contributed by atoms with van der Waals surface area (Å²) in [5, 5.41) is 4.38. The molecule has 0 radical (unpaired) electrons. The molecule has 2 unspecified atom stereocenters. The fraction of sp³-hybridized carbons (Fsp3) is 0.500. The Hall–Kier alpha value is 0.327. The second-order valence-electron chi connectivity index (χ2n) is 2.20. The van der Waals surface area contributed by atoms with E-state index in [2.05, 4.69) is 23.6 Å². The summed E-state index contributed by atoms with van der Waals surface area (Å²) in [4.78, 5) is 0. The summed E-state index contributed by atoms with van der Waals surface area (Å²) in [7, 11) is 0. The molecule has 1 rings (SSSR count). The zero-order chi connectivity index (χ0) is 7.72. The monoisotopic (exact) mass is 262 g/mol. The van der Waals surface area contributed by atoms with E-state index >= 15 is 0 Å². The van der Waals surface area contributed by atoms with E-state index in [0.717, 1.165) is 6.54 Å². The number of aromatic nitrogens is 2. The van der Waals surface area contributed by atoms with Gasteiger partial charge in [-0.3, -0.25) is 0 Å². The van der Waals surface area contributed by atoms with Gasteiger partial charge in [0.25, 0.3) is 0 Å². The topological polar surface area (TPSA) is 17.8 Å². The Labute approximate surface area is 78.4 Å². The molecule has 0 saturated carbocycles. The van der Waals surface area contributed by atoms with Crippen molar-refractivity contribution >= 4 is 42.5 Å². The Kier molecular flexibility index (Phi) is 2.65. The van der Waals surface area contributed by atoms with Crippen LogP contribution in [0.2, 0.25) is 0 Å². The van der Waals surface area contributed by atoms with E-state index in [0.29, 0.717) is 0 Å². The van der Waals surface area contributed by atoms with Crippen LogP contribution >= 0.6 is 0 Å². The molecule has 2 nitrogen and oxygen atoms in total.